The summed E-state index contributed by atoms with van der Waals surface area (Å²) in [4.78, 5) is 0. The molecule has 3 nitrogen and oxygen atoms in total. The predicted octanol–water partition coefficient (Wildman–Crippen LogP) is 2.46. The Morgan fingerprint density at radius 1 is 1.36 bits per heavy atom. The second kappa shape index (κ2) is 3.65. The Hall–Kier alpha value is -0.970. The average molecular weight is 263 g/mol. The molecule has 14 heavy (non-hydrogen) atoms. The van der Waals surface area contributed by atoms with Crippen LogP contribution in [-0.4, -0.2) is 18.3 Å². The maximum Gasteiger partial charge on any atom is 0.179 e. The highest BCUT2D eigenvalue weighted by molar-refractivity contribution is 9.10. The number of phenolic OH excluding ortho intramolecular Hbond substituents is 1. The summed E-state index contributed by atoms with van der Waals surface area (Å²) in [5.41, 5.74) is 0. The topological polar surface area (TPSA) is 38.7 Å². The average Bonchev–Trinajstić information content (AvgIpc) is 2.39. The largest absolute Gasteiger partial charge is 0.504 e. The number of fused-ring (bicyclic) bond motifs is 1. The van der Waals surface area contributed by atoms with Crippen LogP contribution >= 0.6 is 15.9 Å². The molecule has 0 atom stereocenters. The van der Waals surface area contributed by atoms with Crippen molar-refractivity contribution in [1.82, 2.24) is 0 Å². The third-order valence-electron chi connectivity index (χ3n) is 1.91. The lowest BCUT2D eigenvalue weighted by molar-refractivity contribution is 0.296. The van der Waals surface area contributed by atoms with E-state index in [1.807, 2.05) is 0 Å². The summed E-state index contributed by atoms with van der Waals surface area (Å²) in [6, 6.07) is 1.13. The maximum absolute atomic E-state index is 13.1. The Balaban J connectivity index is 2.55. The number of hydrogen-bond donors (Lipinski definition) is 1. The van der Waals surface area contributed by atoms with Gasteiger partial charge in [0.25, 0.3) is 0 Å². The Morgan fingerprint density at radius 3 is 2.86 bits per heavy atom. The minimum Gasteiger partial charge on any atom is -0.504 e. The van der Waals surface area contributed by atoms with Gasteiger partial charge in [0.1, 0.15) is 4.47 Å². The van der Waals surface area contributed by atoms with E-state index in [9.17, 15) is 9.50 Å². The lowest BCUT2D eigenvalue weighted by atomic mass is 10.3. The number of halogens is 2. The zero-order valence-corrected chi connectivity index (χ0v) is 8.80. The van der Waals surface area contributed by atoms with Crippen molar-refractivity contribution < 1.29 is 19.0 Å². The van der Waals surface area contributed by atoms with Crippen molar-refractivity contribution in [3.8, 4) is 17.2 Å². The number of ether oxygens (including phenoxy) is 2. The fraction of sp³-hybridized carbons (Fsp3) is 0.333. The van der Waals surface area contributed by atoms with Crippen molar-refractivity contribution in [1.29, 1.82) is 0 Å². The molecule has 0 spiro atoms. The van der Waals surface area contributed by atoms with Crippen LogP contribution in [0.15, 0.2) is 10.5 Å². The number of phenols is 1. The predicted molar refractivity (Wildman–Crippen MR) is 51.4 cm³/mol. The third kappa shape index (κ3) is 1.52. The molecule has 76 valence electrons. The van der Waals surface area contributed by atoms with Gasteiger partial charge in [0, 0.05) is 12.5 Å². The summed E-state index contributed by atoms with van der Waals surface area (Å²) in [6.07, 6.45) is 0.740. The Labute approximate surface area is 88.6 Å². The lowest BCUT2D eigenvalue weighted by Crippen LogP contribution is -1.97. The summed E-state index contributed by atoms with van der Waals surface area (Å²) in [7, 11) is 0. The molecule has 5 heteroatoms. The van der Waals surface area contributed by atoms with Crippen LogP contribution < -0.4 is 9.47 Å². The summed E-state index contributed by atoms with van der Waals surface area (Å²) in [5, 5.41) is 9.30. The molecular formula is C9H8BrFO3. The fourth-order valence-electron chi connectivity index (χ4n) is 1.23. The molecule has 0 bridgehead atoms. The molecule has 0 aliphatic carbocycles. The number of benzene rings is 1. The first-order chi connectivity index (χ1) is 6.70. The smallest absolute Gasteiger partial charge is 0.179 e. The molecule has 2 rings (SSSR count). The quantitative estimate of drug-likeness (QED) is 0.781. The van der Waals surface area contributed by atoms with Crippen LogP contribution in [0.1, 0.15) is 6.42 Å². The van der Waals surface area contributed by atoms with E-state index in [-0.39, 0.29) is 4.47 Å². The molecule has 0 aromatic heterocycles. The lowest BCUT2D eigenvalue weighted by Gasteiger charge is -2.10. The fourth-order valence-corrected chi connectivity index (χ4v) is 1.73. The second-order valence-electron chi connectivity index (χ2n) is 2.90. The highest BCUT2D eigenvalue weighted by Crippen LogP contribution is 2.43. The van der Waals surface area contributed by atoms with E-state index in [0.717, 1.165) is 12.5 Å². The zero-order valence-electron chi connectivity index (χ0n) is 7.22. The Morgan fingerprint density at radius 2 is 2.07 bits per heavy atom. The van der Waals surface area contributed by atoms with E-state index < -0.39 is 11.6 Å². The van der Waals surface area contributed by atoms with E-state index in [4.69, 9.17) is 9.47 Å². The maximum atomic E-state index is 13.1. The number of hydrogen-bond acceptors (Lipinski definition) is 3. The normalized spacial score (nSPS) is 15.0. The van der Waals surface area contributed by atoms with Crippen LogP contribution in [0.5, 0.6) is 17.2 Å². The van der Waals surface area contributed by atoms with Crippen molar-refractivity contribution in [3.63, 3.8) is 0 Å². The van der Waals surface area contributed by atoms with Gasteiger partial charge in [-0.25, -0.2) is 4.39 Å². The molecule has 1 aromatic carbocycles. The molecule has 0 saturated heterocycles. The number of aromatic hydroxyl groups is 1. The van der Waals surface area contributed by atoms with Gasteiger partial charge in [0.15, 0.2) is 23.1 Å². The first-order valence-electron chi connectivity index (χ1n) is 4.16. The minimum absolute atomic E-state index is 0.203. The summed E-state index contributed by atoms with van der Waals surface area (Å²) in [6.45, 7) is 0.986. The third-order valence-corrected chi connectivity index (χ3v) is 2.64. The number of rotatable bonds is 0. The van der Waals surface area contributed by atoms with Gasteiger partial charge in [-0.15, -0.1) is 0 Å². The molecule has 1 aromatic rings. The molecule has 0 unspecified atom stereocenters. The molecule has 1 aliphatic rings. The van der Waals surface area contributed by atoms with Crippen molar-refractivity contribution >= 4 is 15.9 Å². The van der Waals surface area contributed by atoms with Gasteiger partial charge in [-0.2, -0.15) is 0 Å². The monoisotopic (exact) mass is 262 g/mol. The van der Waals surface area contributed by atoms with Gasteiger partial charge < -0.3 is 14.6 Å². The van der Waals surface area contributed by atoms with Gasteiger partial charge >= 0.3 is 0 Å². The van der Waals surface area contributed by atoms with Crippen LogP contribution in [0.2, 0.25) is 0 Å². The zero-order chi connectivity index (χ0) is 10.1. The highest BCUT2D eigenvalue weighted by atomic mass is 79.9. The summed E-state index contributed by atoms with van der Waals surface area (Å²) < 4.78 is 23.9. The van der Waals surface area contributed by atoms with Crippen LogP contribution in [0.25, 0.3) is 0 Å². The molecule has 0 radical (unpaired) electrons. The van der Waals surface area contributed by atoms with E-state index in [0.29, 0.717) is 24.7 Å². The molecule has 1 N–H and O–H groups in total. The Bertz CT molecular complexity index is 368. The highest BCUT2D eigenvalue weighted by Gasteiger charge is 2.20. The standard InChI is InChI=1S/C9H8BrFO3/c10-7-8(12)5(11)4-6-9(7)14-3-1-2-13-6/h4,12H,1-3H2. The molecule has 0 fully saturated rings. The van der Waals surface area contributed by atoms with Crippen LogP contribution in [0.4, 0.5) is 4.39 Å². The van der Waals surface area contributed by atoms with E-state index >= 15 is 0 Å². The molecule has 1 heterocycles. The molecule has 1 aliphatic heterocycles. The van der Waals surface area contributed by atoms with Gasteiger partial charge in [-0.3, -0.25) is 0 Å². The van der Waals surface area contributed by atoms with Crippen LogP contribution in [0.3, 0.4) is 0 Å². The van der Waals surface area contributed by atoms with E-state index in [1.165, 1.54) is 0 Å². The van der Waals surface area contributed by atoms with Crippen molar-refractivity contribution in [2.75, 3.05) is 13.2 Å². The van der Waals surface area contributed by atoms with Crippen molar-refractivity contribution in [2.45, 2.75) is 6.42 Å². The van der Waals surface area contributed by atoms with Crippen LogP contribution in [-0.2, 0) is 0 Å². The first kappa shape index (κ1) is 9.58. The minimum atomic E-state index is -0.721. The van der Waals surface area contributed by atoms with Gasteiger partial charge in [0.05, 0.1) is 13.2 Å². The molecule has 0 amide bonds. The first-order valence-corrected chi connectivity index (χ1v) is 4.96. The summed E-state index contributed by atoms with van der Waals surface area (Å²) in [5.74, 6) is -0.485. The second-order valence-corrected chi connectivity index (χ2v) is 3.69. The molecular weight excluding hydrogens is 255 g/mol. The van der Waals surface area contributed by atoms with Gasteiger partial charge in [0.2, 0.25) is 0 Å². The van der Waals surface area contributed by atoms with Gasteiger partial charge in [-0.1, -0.05) is 0 Å². The Kier molecular flexibility index (Phi) is 2.50. The van der Waals surface area contributed by atoms with Crippen molar-refractivity contribution in [2.24, 2.45) is 0 Å². The SMILES string of the molecule is Oc1c(F)cc2c(c1Br)OCCCO2. The van der Waals surface area contributed by atoms with E-state index in [1.54, 1.807) is 0 Å². The summed E-state index contributed by atoms with van der Waals surface area (Å²) >= 11 is 3.06. The van der Waals surface area contributed by atoms with Crippen LogP contribution in [0, 0.1) is 5.82 Å². The van der Waals surface area contributed by atoms with E-state index in [2.05, 4.69) is 15.9 Å². The van der Waals surface area contributed by atoms with Crippen molar-refractivity contribution in [3.05, 3.63) is 16.4 Å². The molecule has 0 saturated carbocycles. The van der Waals surface area contributed by atoms with Gasteiger partial charge in [-0.05, 0) is 15.9 Å².